The van der Waals surface area contributed by atoms with Crippen molar-refractivity contribution in [1.29, 1.82) is 0 Å². The van der Waals surface area contributed by atoms with Gasteiger partial charge in [-0.25, -0.2) is 17.7 Å². The van der Waals surface area contributed by atoms with Crippen LogP contribution in [0.25, 0.3) is 10.9 Å². The van der Waals surface area contributed by atoms with Gasteiger partial charge in [-0.05, 0) is 31.0 Å². The molecule has 1 unspecified atom stereocenters. The van der Waals surface area contributed by atoms with E-state index in [0.29, 0.717) is 23.9 Å². The van der Waals surface area contributed by atoms with Crippen LogP contribution in [0.3, 0.4) is 0 Å². The van der Waals surface area contributed by atoms with Gasteiger partial charge in [-0.1, -0.05) is 15.9 Å². The first-order valence-electron chi connectivity index (χ1n) is 8.63. The number of sulfonamides is 1. The third-order valence-corrected chi connectivity index (χ3v) is 6.35. The first kappa shape index (κ1) is 20.0. The quantitative estimate of drug-likeness (QED) is 0.725. The fourth-order valence-electron chi connectivity index (χ4n) is 3.17. The maximum Gasteiger partial charge on any atom is 0.261 e. The zero-order valence-electron chi connectivity index (χ0n) is 14.9. The van der Waals surface area contributed by atoms with Crippen LogP contribution < -0.4 is 10.9 Å². The van der Waals surface area contributed by atoms with Crippen molar-refractivity contribution >= 4 is 42.8 Å². The van der Waals surface area contributed by atoms with Gasteiger partial charge >= 0.3 is 0 Å². The van der Waals surface area contributed by atoms with Crippen LogP contribution in [-0.4, -0.2) is 53.6 Å². The third kappa shape index (κ3) is 4.94. The first-order chi connectivity index (χ1) is 12.7. The predicted molar refractivity (Wildman–Crippen MR) is 106 cm³/mol. The minimum atomic E-state index is -3.26. The molecule has 1 aromatic heterocycles. The summed E-state index contributed by atoms with van der Waals surface area (Å²) >= 11 is 3.34. The van der Waals surface area contributed by atoms with Crippen LogP contribution in [0.1, 0.15) is 19.3 Å². The van der Waals surface area contributed by atoms with Gasteiger partial charge in [0.1, 0.15) is 0 Å². The number of hydrogen-bond donors (Lipinski definition) is 1. The molecule has 2 aromatic rings. The Labute approximate surface area is 165 Å². The third-order valence-electron chi connectivity index (χ3n) is 4.58. The van der Waals surface area contributed by atoms with Crippen molar-refractivity contribution in [2.75, 3.05) is 19.3 Å². The maximum atomic E-state index is 12.5. The van der Waals surface area contributed by atoms with E-state index in [4.69, 9.17) is 0 Å². The van der Waals surface area contributed by atoms with E-state index in [0.717, 1.165) is 10.9 Å². The summed E-state index contributed by atoms with van der Waals surface area (Å²) in [5, 5.41) is 3.36. The molecule has 10 heteroatoms. The monoisotopic (exact) mass is 456 g/mol. The molecule has 1 aromatic carbocycles. The van der Waals surface area contributed by atoms with Gasteiger partial charge in [-0.15, -0.1) is 0 Å². The van der Waals surface area contributed by atoms with Crippen molar-refractivity contribution < 1.29 is 13.2 Å². The zero-order chi connectivity index (χ0) is 19.6. The number of halogens is 1. The van der Waals surface area contributed by atoms with Crippen LogP contribution in [-0.2, 0) is 21.4 Å². The fourth-order valence-corrected chi connectivity index (χ4v) is 4.45. The minimum Gasteiger partial charge on any atom is -0.352 e. The molecule has 3 rings (SSSR count). The molecule has 1 saturated heterocycles. The van der Waals surface area contributed by atoms with Gasteiger partial charge in [0.2, 0.25) is 15.9 Å². The lowest BCUT2D eigenvalue weighted by Crippen LogP contribution is -2.49. The van der Waals surface area contributed by atoms with E-state index in [-0.39, 0.29) is 37.0 Å². The van der Waals surface area contributed by atoms with E-state index in [2.05, 4.69) is 26.2 Å². The van der Waals surface area contributed by atoms with Crippen LogP contribution >= 0.6 is 15.9 Å². The molecule has 0 aliphatic carbocycles. The van der Waals surface area contributed by atoms with Crippen LogP contribution in [0.4, 0.5) is 0 Å². The van der Waals surface area contributed by atoms with E-state index in [1.54, 1.807) is 12.1 Å². The number of benzene rings is 1. The Morgan fingerprint density at radius 2 is 2.19 bits per heavy atom. The summed E-state index contributed by atoms with van der Waals surface area (Å²) in [5.41, 5.74) is 0.405. The van der Waals surface area contributed by atoms with E-state index in [1.165, 1.54) is 21.5 Å². The maximum absolute atomic E-state index is 12.5. The van der Waals surface area contributed by atoms with Gasteiger partial charge in [0.25, 0.3) is 5.56 Å². The molecule has 0 radical (unpaired) electrons. The summed E-state index contributed by atoms with van der Waals surface area (Å²) in [5.74, 6) is -0.211. The van der Waals surface area contributed by atoms with E-state index < -0.39 is 10.0 Å². The number of nitrogens with zero attached hydrogens (tertiary/aromatic N) is 3. The van der Waals surface area contributed by atoms with Gasteiger partial charge < -0.3 is 5.32 Å². The molecule has 1 fully saturated rings. The number of amides is 1. The Bertz CT molecular complexity index is 1020. The number of carbonyl (C=O) groups excluding carboxylic acids is 1. The largest absolute Gasteiger partial charge is 0.352 e. The summed E-state index contributed by atoms with van der Waals surface area (Å²) in [6.07, 6.45) is 4.19. The second-order valence-electron chi connectivity index (χ2n) is 6.68. The molecule has 0 saturated carbocycles. The normalized spacial score (nSPS) is 18.5. The van der Waals surface area contributed by atoms with Crippen LogP contribution in [0.15, 0.2) is 33.8 Å². The molecule has 1 atom stereocenters. The molecule has 1 amide bonds. The first-order valence-corrected chi connectivity index (χ1v) is 11.3. The average Bonchev–Trinajstić information content (AvgIpc) is 2.61. The predicted octanol–water partition coefficient (Wildman–Crippen LogP) is 1.09. The number of aryl methyl sites for hydroxylation is 1. The molecular formula is C17H21BrN4O4S. The Morgan fingerprint density at radius 3 is 2.93 bits per heavy atom. The van der Waals surface area contributed by atoms with Crippen molar-refractivity contribution in [3.8, 4) is 0 Å². The minimum absolute atomic E-state index is 0.121. The topological polar surface area (TPSA) is 101 Å². The number of hydrogen-bond acceptors (Lipinski definition) is 5. The molecule has 0 bridgehead atoms. The highest BCUT2D eigenvalue weighted by Crippen LogP contribution is 2.15. The second-order valence-corrected chi connectivity index (χ2v) is 9.58. The number of rotatable bonds is 5. The van der Waals surface area contributed by atoms with Gasteiger partial charge in [0.15, 0.2) is 0 Å². The molecule has 2 heterocycles. The standard InChI is InChI=1S/C17H21BrN4O4S/c1-27(25,26)22-7-2-3-13(10-22)20-16(23)6-8-21-11-19-15-5-4-12(18)9-14(15)17(21)24/h4-5,9,11,13H,2-3,6-8,10H2,1H3,(H,20,23). The highest BCUT2D eigenvalue weighted by atomic mass is 79.9. The van der Waals surface area contributed by atoms with Gasteiger partial charge in [0, 0.05) is 36.6 Å². The van der Waals surface area contributed by atoms with E-state index in [1.807, 2.05) is 6.07 Å². The zero-order valence-corrected chi connectivity index (χ0v) is 17.3. The smallest absolute Gasteiger partial charge is 0.261 e. The van der Waals surface area contributed by atoms with Crippen molar-refractivity contribution in [2.45, 2.75) is 31.8 Å². The Morgan fingerprint density at radius 1 is 1.41 bits per heavy atom. The van der Waals surface area contributed by atoms with E-state index in [9.17, 15) is 18.0 Å². The molecular weight excluding hydrogens is 436 g/mol. The van der Waals surface area contributed by atoms with Gasteiger partial charge in [-0.3, -0.25) is 14.2 Å². The molecule has 27 heavy (non-hydrogen) atoms. The molecule has 1 aliphatic rings. The summed E-state index contributed by atoms with van der Waals surface area (Å²) in [4.78, 5) is 29.0. The van der Waals surface area contributed by atoms with Gasteiger partial charge in [-0.2, -0.15) is 0 Å². The Hall–Kier alpha value is -1.78. The molecule has 1 N–H and O–H groups in total. The Kier molecular flexibility index (Phi) is 5.97. The van der Waals surface area contributed by atoms with Crippen LogP contribution in [0, 0.1) is 0 Å². The van der Waals surface area contributed by atoms with Gasteiger partial charge in [0.05, 0.1) is 23.5 Å². The number of carbonyl (C=O) groups is 1. The summed E-state index contributed by atoms with van der Waals surface area (Å²) < 4.78 is 26.9. The molecule has 0 spiro atoms. The second kappa shape index (κ2) is 8.07. The fraction of sp³-hybridized carbons (Fsp3) is 0.471. The lowest BCUT2D eigenvalue weighted by molar-refractivity contribution is -0.122. The van der Waals surface area contributed by atoms with Crippen LogP contribution in [0.2, 0.25) is 0 Å². The number of piperidine rings is 1. The van der Waals surface area contributed by atoms with E-state index >= 15 is 0 Å². The lowest BCUT2D eigenvalue weighted by atomic mass is 10.1. The lowest BCUT2D eigenvalue weighted by Gasteiger charge is -2.31. The van der Waals surface area contributed by atoms with Crippen molar-refractivity contribution in [3.63, 3.8) is 0 Å². The van der Waals surface area contributed by atoms with Crippen molar-refractivity contribution in [2.24, 2.45) is 0 Å². The summed E-state index contributed by atoms with van der Waals surface area (Å²) in [7, 11) is -3.26. The number of aromatic nitrogens is 2. The highest BCUT2D eigenvalue weighted by molar-refractivity contribution is 9.10. The summed E-state index contributed by atoms with van der Waals surface area (Å²) in [6.45, 7) is 0.984. The van der Waals surface area contributed by atoms with Crippen molar-refractivity contribution in [1.82, 2.24) is 19.2 Å². The molecule has 1 aliphatic heterocycles. The SMILES string of the molecule is CS(=O)(=O)N1CCCC(NC(=O)CCn2cnc3ccc(Br)cc3c2=O)C1. The van der Waals surface area contributed by atoms with Crippen LogP contribution in [0.5, 0.6) is 0 Å². The molecule has 8 nitrogen and oxygen atoms in total. The molecule has 146 valence electrons. The summed E-state index contributed by atoms with van der Waals surface area (Å²) in [6, 6.07) is 5.08. The number of nitrogens with one attached hydrogen (secondary N) is 1. The van der Waals surface area contributed by atoms with Crippen molar-refractivity contribution in [3.05, 3.63) is 39.4 Å². The average molecular weight is 457 g/mol. The Balaban J connectivity index is 1.62. The highest BCUT2D eigenvalue weighted by Gasteiger charge is 2.26. The number of fused-ring (bicyclic) bond motifs is 1.